The van der Waals surface area contributed by atoms with Gasteiger partial charge in [-0.25, -0.2) is 0 Å². The van der Waals surface area contributed by atoms with E-state index in [4.69, 9.17) is 0 Å². The van der Waals surface area contributed by atoms with Crippen molar-refractivity contribution in [3.63, 3.8) is 0 Å². The molecule has 1 aliphatic rings. The van der Waals surface area contributed by atoms with E-state index >= 15 is 0 Å². The quantitative estimate of drug-likeness (QED) is 0.648. The zero-order valence-electron chi connectivity index (χ0n) is 6.27. The first-order chi connectivity index (χ1) is 5.36. The third-order valence-electron chi connectivity index (χ3n) is 2.27. The highest BCUT2D eigenvalue weighted by molar-refractivity contribution is 7.78. The van der Waals surface area contributed by atoms with Crippen molar-refractivity contribution in [2.45, 2.75) is 31.6 Å². The highest BCUT2D eigenvalue weighted by atomic mass is 32.1. The van der Waals surface area contributed by atoms with Gasteiger partial charge in [-0.3, -0.25) is 0 Å². The Labute approximate surface area is 71.3 Å². The zero-order chi connectivity index (χ0) is 7.68. The van der Waals surface area contributed by atoms with Crippen LogP contribution in [-0.4, -0.2) is 14.4 Å². The van der Waals surface area contributed by atoms with Gasteiger partial charge in [0.2, 0.25) is 0 Å². The monoisotopic (exact) mass is 169 g/mol. The van der Waals surface area contributed by atoms with Gasteiger partial charge < -0.3 is 0 Å². The molecule has 1 heterocycles. The zero-order valence-corrected chi connectivity index (χ0v) is 7.17. The molecule has 1 aliphatic carbocycles. The number of hydrogen-bond acceptors (Lipinski definition) is 3. The van der Waals surface area contributed by atoms with E-state index < -0.39 is 0 Å². The van der Waals surface area contributed by atoms with E-state index in [9.17, 15) is 0 Å². The normalized spacial score (nSPS) is 19.4. The van der Waals surface area contributed by atoms with Crippen LogP contribution in [0.1, 0.15) is 37.3 Å². The van der Waals surface area contributed by atoms with Crippen LogP contribution < -0.4 is 0 Å². The molecular weight excluding hydrogens is 158 g/mol. The first kappa shape index (κ1) is 7.16. The van der Waals surface area contributed by atoms with E-state index in [0.717, 1.165) is 5.69 Å². The van der Waals surface area contributed by atoms with Gasteiger partial charge in [-0.1, -0.05) is 18.1 Å². The third kappa shape index (κ3) is 1.40. The predicted molar refractivity (Wildman–Crippen MR) is 45.6 cm³/mol. The maximum atomic E-state index is 4.04. The first-order valence-corrected chi connectivity index (χ1v) is 4.38. The van der Waals surface area contributed by atoms with Gasteiger partial charge in [-0.05, 0) is 25.7 Å². The molecule has 2 rings (SSSR count). The molecule has 0 amide bonds. The molecule has 60 valence electrons. The molecule has 1 saturated carbocycles. The van der Waals surface area contributed by atoms with Crippen LogP contribution in [0.25, 0.3) is 0 Å². The molecule has 0 spiro atoms. The van der Waals surface area contributed by atoms with Crippen molar-refractivity contribution in [2.75, 3.05) is 0 Å². The van der Waals surface area contributed by atoms with Crippen LogP contribution in [-0.2, 0) is 0 Å². The Morgan fingerprint density at radius 3 is 2.73 bits per heavy atom. The van der Waals surface area contributed by atoms with E-state index in [1.807, 2.05) is 6.20 Å². The minimum absolute atomic E-state index is 0.649. The molecule has 0 aromatic carbocycles. The van der Waals surface area contributed by atoms with E-state index in [-0.39, 0.29) is 0 Å². The average molecular weight is 169 g/mol. The highest BCUT2D eigenvalue weighted by Crippen LogP contribution is 2.32. The summed E-state index contributed by atoms with van der Waals surface area (Å²) in [5.41, 5.74) is 1.11. The fourth-order valence-corrected chi connectivity index (χ4v) is 1.83. The van der Waals surface area contributed by atoms with Gasteiger partial charge in [0.1, 0.15) is 0 Å². The van der Waals surface area contributed by atoms with E-state index in [1.54, 1.807) is 0 Å². The van der Waals surface area contributed by atoms with Gasteiger partial charge in [-0.2, -0.15) is 4.09 Å². The minimum Gasteiger partial charge on any atom is -0.197 e. The second-order valence-electron chi connectivity index (χ2n) is 3.05. The lowest BCUT2D eigenvalue weighted by molar-refractivity contribution is 0.692. The summed E-state index contributed by atoms with van der Waals surface area (Å²) in [5, 5.41) is 7.83. The lowest BCUT2D eigenvalue weighted by Crippen LogP contribution is -1.91. The van der Waals surface area contributed by atoms with Crippen molar-refractivity contribution >= 4 is 12.8 Å². The second kappa shape index (κ2) is 2.85. The first-order valence-electron chi connectivity index (χ1n) is 3.98. The van der Waals surface area contributed by atoms with Gasteiger partial charge in [0.15, 0.2) is 0 Å². The van der Waals surface area contributed by atoms with Crippen molar-refractivity contribution in [2.24, 2.45) is 0 Å². The summed E-state index contributed by atoms with van der Waals surface area (Å²) in [6, 6.07) is 0. The average Bonchev–Trinajstić information content (AvgIpc) is 2.55. The Bertz CT molecular complexity index is 240. The fourth-order valence-electron chi connectivity index (χ4n) is 1.68. The Morgan fingerprint density at radius 2 is 2.18 bits per heavy atom. The third-order valence-corrected chi connectivity index (χ3v) is 2.47. The summed E-state index contributed by atoms with van der Waals surface area (Å²) in [6.07, 6.45) is 7.12. The Morgan fingerprint density at radius 1 is 1.45 bits per heavy atom. The van der Waals surface area contributed by atoms with Crippen molar-refractivity contribution in [3.8, 4) is 0 Å². The molecule has 0 atom stereocenters. The molecule has 1 aromatic rings. The molecule has 1 fully saturated rings. The highest BCUT2D eigenvalue weighted by Gasteiger charge is 2.19. The number of nitrogens with zero attached hydrogens (tertiary/aromatic N) is 3. The molecule has 0 aliphatic heterocycles. The van der Waals surface area contributed by atoms with Gasteiger partial charge in [-0.15, -0.1) is 5.10 Å². The molecular formula is C7H11N3S. The summed E-state index contributed by atoms with van der Waals surface area (Å²) in [6.45, 7) is 0. The number of aromatic nitrogens is 3. The minimum atomic E-state index is 0.649. The summed E-state index contributed by atoms with van der Waals surface area (Å²) in [7, 11) is 0. The summed E-state index contributed by atoms with van der Waals surface area (Å²) >= 11 is 4.04. The lowest BCUT2D eigenvalue weighted by atomic mass is 10.1. The smallest absolute Gasteiger partial charge is 0.0869 e. The molecule has 3 nitrogen and oxygen atoms in total. The molecule has 0 radical (unpaired) electrons. The van der Waals surface area contributed by atoms with Crippen molar-refractivity contribution < 1.29 is 0 Å². The van der Waals surface area contributed by atoms with Gasteiger partial charge in [0.25, 0.3) is 0 Å². The lowest BCUT2D eigenvalue weighted by Gasteiger charge is -2.00. The Balaban J connectivity index is 2.15. The number of rotatable bonds is 1. The van der Waals surface area contributed by atoms with Crippen LogP contribution in [0.15, 0.2) is 6.20 Å². The van der Waals surface area contributed by atoms with Crippen LogP contribution in [0.4, 0.5) is 0 Å². The number of hydrogen-bond donors (Lipinski definition) is 1. The van der Waals surface area contributed by atoms with Gasteiger partial charge in [0.05, 0.1) is 11.9 Å². The van der Waals surface area contributed by atoms with Crippen LogP contribution in [0.2, 0.25) is 0 Å². The van der Waals surface area contributed by atoms with Crippen molar-refractivity contribution in [1.82, 2.24) is 14.4 Å². The van der Waals surface area contributed by atoms with Crippen molar-refractivity contribution in [3.05, 3.63) is 11.9 Å². The molecule has 1 aromatic heterocycles. The van der Waals surface area contributed by atoms with Gasteiger partial charge >= 0.3 is 0 Å². The maximum Gasteiger partial charge on any atom is 0.0869 e. The van der Waals surface area contributed by atoms with E-state index in [2.05, 4.69) is 23.1 Å². The van der Waals surface area contributed by atoms with Crippen molar-refractivity contribution in [1.29, 1.82) is 0 Å². The summed E-state index contributed by atoms with van der Waals surface area (Å²) in [5.74, 6) is 0.649. The van der Waals surface area contributed by atoms with Gasteiger partial charge in [0, 0.05) is 5.92 Å². The molecule has 11 heavy (non-hydrogen) atoms. The van der Waals surface area contributed by atoms with E-state index in [1.165, 1.54) is 29.8 Å². The largest absolute Gasteiger partial charge is 0.197 e. The van der Waals surface area contributed by atoms with Crippen LogP contribution >= 0.6 is 12.8 Å². The molecule has 0 bridgehead atoms. The second-order valence-corrected chi connectivity index (χ2v) is 3.45. The standard InChI is InChI=1S/C7H11N3S/c11-10-5-7(8-9-10)6-3-1-2-4-6/h5-6,11H,1-4H2. The summed E-state index contributed by atoms with van der Waals surface area (Å²) < 4.78 is 1.48. The maximum absolute atomic E-state index is 4.04. The van der Waals surface area contributed by atoms with E-state index in [0.29, 0.717) is 5.92 Å². The molecule has 4 heteroatoms. The summed E-state index contributed by atoms with van der Waals surface area (Å²) in [4.78, 5) is 0. The number of thiol groups is 1. The molecule has 0 saturated heterocycles. The Hall–Kier alpha value is -0.510. The van der Waals surface area contributed by atoms with Crippen LogP contribution in [0.3, 0.4) is 0 Å². The Kier molecular flexibility index (Phi) is 1.85. The SMILES string of the molecule is Sn1cc(C2CCCC2)nn1. The molecule has 0 unspecified atom stereocenters. The topological polar surface area (TPSA) is 30.7 Å². The van der Waals surface area contributed by atoms with Crippen LogP contribution in [0.5, 0.6) is 0 Å². The fraction of sp³-hybridized carbons (Fsp3) is 0.714. The molecule has 0 N–H and O–H groups in total. The predicted octanol–water partition coefficient (Wildman–Crippen LogP) is 1.63. The van der Waals surface area contributed by atoms with Crippen LogP contribution in [0, 0.1) is 0 Å².